The molecule has 0 aliphatic rings. The van der Waals surface area contributed by atoms with Crippen LogP contribution in [-0.4, -0.2) is 29.9 Å². The second kappa shape index (κ2) is 5.30. The zero-order chi connectivity index (χ0) is 11.4. The first-order valence-electron chi connectivity index (χ1n) is 5.15. The van der Waals surface area contributed by atoms with Crippen LogP contribution in [0.4, 0.5) is 0 Å². The van der Waals surface area contributed by atoms with Crippen molar-refractivity contribution in [3.8, 4) is 0 Å². The van der Waals surface area contributed by atoms with Crippen molar-refractivity contribution in [2.24, 2.45) is 5.73 Å². The Hall–Kier alpha value is -0.840. The van der Waals surface area contributed by atoms with Crippen LogP contribution in [0.5, 0.6) is 0 Å². The molecule has 0 radical (unpaired) electrons. The number of aromatic nitrogens is 1. The Morgan fingerprint density at radius 1 is 1.53 bits per heavy atom. The summed E-state index contributed by atoms with van der Waals surface area (Å²) >= 11 is 0. The fourth-order valence-corrected chi connectivity index (χ4v) is 1.82. The van der Waals surface area contributed by atoms with Crippen molar-refractivity contribution in [1.29, 1.82) is 0 Å². The van der Waals surface area contributed by atoms with E-state index in [1.54, 1.807) is 7.11 Å². The predicted molar refractivity (Wildman–Crippen MR) is 59.8 cm³/mol. The molecule has 1 aromatic heterocycles. The van der Waals surface area contributed by atoms with Crippen LogP contribution in [0.2, 0.25) is 0 Å². The Morgan fingerprint density at radius 3 is 2.73 bits per heavy atom. The maximum atomic E-state index is 9.70. The molecule has 0 saturated heterocycles. The Kier molecular flexibility index (Phi) is 4.32. The van der Waals surface area contributed by atoms with Crippen LogP contribution >= 0.6 is 0 Å². The van der Waals surface area contributed by atoms with E-state index in [2.05, 4.69) is 4.57 Å². The van der Waals surface area contributed by atoms with Gasteiger partial charge in [-0.3, -0.25) is 0 Å². The summed E-state index contributed by atoms with van der Waals surface area (Å²) in [5.74, 6) is 0. The number of rotatable bonds is 5. The van der Waals surface area contributed by atoms with Gasteiger partial charge in [-0.25, -0.2) is 0 Å². The van der Waals surface area contributed by atoms with Crippen molar-refractivity contribution in [2.75, 3.05) is 20.3 Å². The van der Waals surface area contributed by atoms with E-state index in [9.17, 15) is 5.11 Å². The number of nitrogens with zero attached hydrogens (tertiary/aromatic N) is 1. The van der Waals surface area contributed by atoms with Crippen molar-refractivity contribution in [3.63, 3.8) is 0 Å². The Bertz CT molecular complexity index is 321. The van der Waals surface area contributed by atoms with E-state index in [0.717, 1.165) is 23.5 Å². The summed E-state index contributed by atoms with van der Waals surface area (Å²) in [6.45, 7) is 5.76. The largest absolute Gasteiger partial charge is 0.387 e. The number of hydrogen-bond donors (Lipinski definition) is 2. The molecule has 0 aliphatic carbocycles. The van der Waals surface area contributed by atoms with Gasteiger partial charge in [-0.15, -0.1) is 0 Å². The SMILES string of the molecule is COCCn1c(C)cc(C(O)CN)c1C. The van der Waals surface area contributed by atoms with Gasteiger partial charge in [0, 0.05) is 37.2 Å². The average Bonchev–Trinajstić information content (AvgIpc) is 2.51. The van der Waals surface area contributed by atoms with E-state index in [0.29, 0.717) is 6.61 Å². The lowest BCUT2D eigenvalue weighted by molar-refractivity contribution is 0.181. The summed E-state index contributed by atoms with van der Waals surface area (Å²) in [5.41, 5.74) is 8.57. The highest BCUT2D eigenvalue weighted by Gasteiger charge is 2.14. The van der Waals surface area contributed by atoms with E-state index < -0.39 is 6.10 Å². The molecule has 4 heteroatoms. The zero-order valence-electron chi connectivity index (χ0n) is 9.66. The third kappa shape index (κ3) is 2.59. The molecule has 1 rings (SSSR count). The second-order valence-corrected chi connectivity index (χ2v) is 3.72. The molecule has 0 spiro atoms. The van der Waals surface area contributed by atoms with Crippen molar-refractivity contribution in [1.82, 2.24) is 4.57 Å². The van der Waals surface area contributed by atoms with Gasteiger partial charge in [-0.2, -0.15) is 0 Å². The van der Waals surface area contributed by atoms with Gasteiger partial charge in [0.05, 0.1) is 12.7 Å². The molecule has 1 heterocycles. The Labute approximate surface area is 90.7 Å². The highest BCUT2D eigenvalue weighted by Crippen LogP contribution is 2.21. The van der Waals surface area contributed by atoms with Crippen LogP contribution in [0.25, 0.3) is 0 Å². The van der Waals surface area contributed by atoms with Gasteiger partial charge in [0.15, 0.2) is 0 Å². The Balaban J connectivity index is 2.92. The minimum atomic E-state index is -0.563. The van der Waals surface area contributed by atoms with Crippen LogP contribution in [0.1, 0.15) is 23.1 Å². The molecule has 0 bridgehead atoms. The van der Waals surface area contributed by atoms with Crippen LogP contribution in [0, 0.1) is 13.8 Å². The van der Waals surface area contributed by atoms with Crippen LogP contribution in [0.3, 0.4) is 0 Å². The average molecular weight is 212 g/mol. The molecule has 0 aliphatic heterocycles. The molecular weight excluding hydrogens is 192 g/mol. The molecule has 0 fully saturated rings. The maximum Gasteiger partial charge on any atom is 0.0929 e. The number of methoxy groups -OCH3 is 1. The fourth-order valence-electron chi connectivity index (χ4n) is 1.82. The van der Waals surface area contributed by atoms with Gasteiger partial charge >= 0.3 is 0 Å². The van der Waals surface area contributed by atoms with E-state index in [4.69, 9.17) is 10.5 Å². The highest BCUT2D eigenvalue weighted by molar-refractivity contribution is 5.28. The summed E-state index contributed by atoms with van der Waals surface area (Å²) in [7, 11) is 1.68. The van der Waals surface area contributed by atoms with Gasteiger partial charge in [-0.05, 0) is 19.9 Å². The van der Waals surface area contributed by atoms with E-state index in [-0.39, 0.29) is 6.54 Å². The topological polar surface area (TPSA) is 60.4 Å². The molecule has 0 saturated carbocycles. The van der Waals surface area contributed by atoms with Gasteiger partial charge in [0.25, 0.3) is 0 Å². The first kappa shape index (κ1) is 12.2. The van der Waals surface area contributed by atoms with Crippen molar-refractivity contribution < 1.29 is 9.84 Å². The second-order valence-electron chi connectivity index (χ2n) is 3.72. The number of nitrogens with two attached hydrogens (primary N) is 1. The van der Waals surface area contributed by atoms with Crippen molar-refractivity contribution in [3.05, 3.63) is 23.0 Å². The summed E-state index contributed by atoms with van der Waals surface area (Å²) < 4.78 is 7.18. The maximum absolute atomic E-state index is 9.70. The van der Waals surface area contributed by atoms with Crippen LogP contribution in [0.15, 0.2) is 6.07 Å². The fraction of sp³-hybridized carbons (Fsp3) is 0.636. The first-order valence-corrected chi connectivity index (χ1v) is 5.15. The third-order valence-corrected chi connectivity index (χ3v) is 2.71. The van der Waals surface area contributed by atoms with Crippen molar-refractivity contribution >= 4 is 0 Å². The quantitative estimate of drug-likeness (QED) is 0.757. The zero-order valence-corrected chi connectivity index (χ0v) is 9.66. The standard InChI is InChI=1S/C11H20N2O2/c1-8-6-10(11(14)7-12)9(2)13(8)4-5-15-3/h6,11,14H,4-5,7,12H2,1-3H3. The monoisotopic (exact) mass is 212 g/mol. The highest BCUT2D eigenvalue weighted by atomic mass is 16.5. The normalized spacial score (nSPS) is 13.1. The summed E-state index contributed by atoms with van der Waals surface area (Å²) in [6.07, 6.45) is -0.563. The van der Waals surface area contributed by atoms with E-state index >= 15 is 0 Å². The molecule has 0 amide bonds. The molecule has 1 aromatic rings. The van der Waals surface area contributed by atoms with Gasteiger partial charge < -0.3 is 20.1 Å². The van der Waals surface area contributed by atoms with Gasteiger partial charge in [0.2, 0.25) is 0 Å². The lowest BCUT2D eigenvalue weighted by atomic mass is 10.1. The lowest BCUT2D eigenvalue weighted by Crippen LogP contribution is -2.13. The number of aliphatic hydroxyl groups is 1. The number of ether oxygens (including phenoxy) is 1. The van der Waals surface area contributed by atoms with Gasteiger partial charge in [0.1, 0.15) is 0 Å². The molecule has 4 nitrogen and oxygen atoms in total. The van der Waals surface area contributed by atoms with Gasteiger partial charge in [-0.1, -0.05) is 0 Å². The smallest absolute Gasteiger partial charge is 0.0929 e. The van der Waals surface area contributed by atoms with Crippen LogP contribution < -0.4 is 5.73 Å². The third-order valence-electron chi connectivity index (χ3n) is 2.71. The number of hydrogen-bond acceptors (Lipinski definition) is 3. The molecule has 1 unspecified atom stereocenters. The molecule has 0 aromatic carbocycles. The van der Waals surface area contributed by atoms with E-state index in [1.807, 2.05) is 19.9 Å². The minimum absolute atomic E-state index is 0.259. The summed E-state index contributed by atoms with van der Waals surface area (Å²) in [4.78, 5) is 0. The predicted octanol–water partition coefficient (Wildman–Crippen LogP) is 0.743. The van der Waals surface area contributed by atoms with Crippen LogP contribution in [-0.2, 0) is 11.3 Å². The number of aryl methyl sites for hydroxylation is 1. The molecule has 15 heavy (non-hydrogen) atoms. The molecule has 86 valence electrons. The summed E-state index contributed by atoms with van der Waals surface area (Å²) in [5, 5.41) is 9.70. The number of aliphatic hydroxyl groups excluding tert-OH is 1. The summed E-state index contributed by atoms with van der Waals surface area (Å²) in [6, 6.07) is 1.99. The molecule has 3 N–H and O–H groups in total. The first-order chi connectivity index (χ1) is 7.11. The molecule has 1 atom stereocenters. The van der Waals surface area contributed by atoms with E-state index in [1.165, 1.54) is 0 Å². The molecular formula is C11H20N2O2. The minimum Gasteiger partial charge on any atom is -0.387 e. The lowest BCUT2D eigenvalue weighted by Gasteiger charge is -2.11. The Morgan fingerprint density at radius 2 is 2.20 bits per heavy atom. The van der Waals surface area contributed by atoms with Crippen molar-refractivity contribution in [2.45, 2.75) is 26.5 Å².